The van der Waals surface area contributed by atoms with Gasteiger partial charge in [0.15, 0.2) is 0 Å². The third-order valence-electron chi connectivity index (χ3n) is 5.23. The fourth-order valence-corrected chi connectivity index (χ4v) is 3.84. The zero-order valence-electron chi connectivity index (χ0n) is 14.5. The molecule has 2 aromatic heterocycles. The maximum Gasteiger partial charge on any atom is 0.234 e. The Morgan fingerprint density at radius 3 is 2.92 bits per heavy atom. The second-order valence-electron chi connectivity index (χ2n) is 6.94. The monoisotopic (exact) mass is 337 g/mol. The lowest BCUT2D eigenvalue weighted by Gasteiger charge is -2.19. The van der Waals surface area contributed by atoms with Crippen molar-refractivity contribution in [2.45, 2.75) is 51.4 Å². The summed E-state index contributed by atoms with van der Waals surface area (Å²) in [5, 5.41) is 8.21. The van der Waals surface area contributed by atoms with Crippen LogP contribution in [0.4, 0.5) is 5.88 Å². The Morgan fingerprint density at radius 1 is 1.28 bits per heavy atom. The van der Waals surface area contributed by atoms with E-state index in [9.17, 15) is 4.79 Å². The number of nitrogens with one attached hydrogen (secondary N) is 2. The van der Waals surface area contributed by atoms with E-state index in [4.69, 9.17) is 4.52 Å². The second-order valence-corrected chi connectivity index (χ2v) is 6.94. The fourth-order valence-electron chi connectivity index (χ4n) is 3.84. The Labute approximate surface area is 146 Å². The zero-order valence-corrected chi connectivity index (χ0v) is 14.5. The van der Waals surface area contributed by atoms with E-state index >= 15 is 0 Å². The molecule has 2 heterocycles. The number of aromatic nitrogens is 2. The van der Waals surface area contributed by atoms with E-state index in [2.05, 4.69) is 15.5 Å². The summed E-state index contributed by atoms with van der Waals surface area (Å²) in [5.74, 6) is 0.876. The number of para-hydroxylation sites is 1. The molecule has 1 aliphatic rings. The molecule has 1 saturated carbocycles. The molecule has 1 amide bonds. The first kappa shape index (κ1) is 15.9. The number of anilines is 1. The number of fused-ring (bicyclic) bond motifs is 1. The Balaban J connectivity index is 1.47. The highest BCUT2D eigenvalue weighted by molar-refractivity contribution is 5.95. The van der Waals surface area contributed by atoms with E-state index in [1.54, 1.807) is 0 Å². The zero-order chi connectivity index (χ0) is 17.2. The summed E-state index contributed by atoms with van der Waals surface area (Å²) < 4.78 is 5.44. The van der Waals surface area contributed by atoms with Crippen molar-refractivity contribution in [1.29, 1.82) is 0 Å². The fraction of sp³-hybridized carbons (Fsp3) is 0.400. The van der Waals surface area contributed by atoms with Crippen molar-refractivity contribution in [1.82, 2.24) is 10.1 Å². The first-order valence-electron chi connectivity index (χ1n) is 9.03. The van der Waals surface area contributed by atoms with Crippen molar-refractivity contribution < 1.29 is 9.32 Å². The molecule has 25 heavy (non-hydrogen) atoms. The van der Waals surface area contributed by atoms with Crippen LogP contribution in [0, 0.1) is 6.92 Å². The van der Waals surface area contributed by atoms with Gasteiger partial charge in [-0.25, -0.2) is 0 Å². The van der Waals surface area contributed by atoms with Crippen LogP contribution in [-0.4, -0.2) is 16.0 Å². The molecule has 0 bridgehead atoms. The lowest BCUT2D eigenvalue weighted by atomic mass is 9.86. The van der Waals surface area contributed by atoms with Crippen LogP contribution >= 0.6 is 0 Å². The molecule has 0 radical (unpaired) electrons. The topological polar surface area (TPSA) is 70.9 Å². The minimum absolute atomic E-state index is 0.0841. The van der Waals surface area contributed by atoms with Crippen LogP contribution in [0.15, 0.2) is 35.0 Å². The van der Waals surface area contributed by atoms with Gasteiger partial charge in [0.2, 0.25) is 11.8 Å². The molecule has 0 unspecified atom stereocenters. The van der Waals surface area contributed by atoms with Crippen LogP contribution in [0.25, 0.3) is 10.9 Å². The molecule has 5 nitrogen and oxygen atoms in total. The van der Waals surface area contributed by atoms with Crippen molar-refractivity contribution in [3.8, 4) is 0 Å². The summed E-state index contributed by atoms with van der Waals surface area (Å²) in [5.41, 5.74) is 4.01. The summed E-state index contributed by atoms with van der Waals surface area (Å²) in [6.07, 6.45) is 8.33. The van der Waals surface area contributed by atoms with Gasteiger partial charge in [0.1, 0.15) is 0 Å². The van der Waals surface area contributed by atoms with E-state index < -0.39 is 0 Å². The molecular formula is C20H23N3O2. The molecule has 0 atom stereocenters. The maximum absolute atomic E-state index is 12.4. The molecule has 3 aromatic rings. The van der Waals surface area contributed by atoms with Gasteiger partial charge in [-0.1, -0.05) is 42.6 Å². The predicted molar refractivity (Wildman–Crippen MR) is 97.7 cm³/mol. The van der Waals surface area contributed by atoms with Gasteiger partial charge in [0.05, 0.1) is 12.1 Å². The van der Waals surface area contributed by atoms with Crippen molar-refractivity contribution in [2.75, 3.05) is 5.32 Å². The molecule has 4 rings (SSSR count). The molecule has 0 aliphatic heterocycles. The van der Waals surface area contributed by atoms with Crippen LogP contribution in [0.2, 0.25) is 0 Å². The summed E-state index contributed by atoms with van der Waals surface area (Å²) >= 11 is 0. The van der Waals surface area contributed by atoms with Gasteiger partial charge in [-0.15, -0.1) is 0 Å². The number of nitrogens with zero attached hydrogens (tertiary/aromatic N) is 1. The highest BCUT2D eigenvalue weighted by Crippen LogP contribution is 2.35. The number of hydrogen-bond donors (Lipinski definition) is 2. The normalized spacial score (nSPS) is 15.6. The quantitative estimate of drug-likeness (QED) is 0.725. The van der Waals surface area contributed by atoms with Gasteiger partial charge in [-0.2, -0.15) is 0 Å². The lowest BCUT2D eigenvalue weighted by molar-refractivity contribution is -0.115. The van der Waals surface area contributed by atoms with E-state index in [0.29, 0.717) is 18.2 Å². The first-order chi connectivity index (χ1) is 12.2. The number of hydrogen-bond acceptors (Lipinski definition) is 3. The average Bonchev–Trinajstić information content (AvgIpc) is 3.20. The number of aromatic amines is 1. The molecule has 130 valence electrons. The van der Waals surface area contributed by atoms with Crippen molar-refractivity contribution >= 4 is 22.7 Å². The van der Waals surface area contributed by atoms with Crippen LogP contribution in [0.5, 0.6) is 0 Å². The summed E-state index contributed by atoms with van der Waals surface area (Å²) in [6.45, 7) is 1.99. The van der Waals surface area contributed by atoms with Crippen molar-refractivity contribution in [3.05, 3.63) is 47.3 Å². The summed E-state index contributed by atoms with van der Waals surface area (Å²) in [7, 11) is 0. The van der Waals surface area contributed by atoms with E-state index in [-0.39, 0.29) is 5.91 Å². The molecule has 0 saturated heterocycles. The average molecular weight is 337 g/mol. The minimum atomic E-state index is -0.0841. The minimum Gasteiger partial charge on any atom is -0.361 e. The molecule has 2 N–H and O–H groups in total. The lowest BCUT2D eigenvalue weighted by Crippen LogP contribution is -2.14. The third-order valence-corrected chi connectivity index (χ3v) is 5.23. The third kappa shape index (κ3) is 3.18. The number of rotatable bonds is 4. The van der Waals surface area contributed by atoms with Crippen LogP contribution in [0.3, 0.4) is 0 Å². The highest BCUT2D eigenvalue weighted by atomic mass is 16.5. The van der Waals surface area contributed by atoms with E-state index in [0.717, 1.165) is 40.6 Å². The summed E-state index contributed by atoms with van der Waals surface area (Å²) in [6, 6.07) is 7.99. The van der Waals surface area contributed by atoms with Crippen LogP contribution in [0.1, 0.15) is 54.8 Å². The molecule has 0 spiro atoms. The largest absolute Gasteiger partial charge is 0.361 e. The van der Waals surface area contributed by atoms with Crippen molar-refractivity contribution in [2.24, 2.45) is 0 Å². The Hall–Kier alpha value is -2.56. The van der Waals surface area contributed by atoms with Gasteiger partial charge in [-0.05, 0) is 31.4 Å². The SMILES string of the molecule is Cc1c(C2CCCCC2)noc1NC(=O)Cc1c[nH]c2ccccc12. The van der Waals surface area contributed by atoms with E-state index in [1.165, 1.54) is 19.3 Å². The Morgan fingerprint density at radius 2 is 2.08 bits per heavy atom. The molecule has 1 fully saturated rings. The van der Waals surface area contributed by atoms with Gasteiger partial charge in [-0.3, -0.25) is 10.1 Å². The number of benzene rings is 1. The van der Waals surface area contributed by atoms with Gasteiger partial charge in [0.25, 0.3) is 0 Å². The molecule has 1 aromatic carbocycles. The maximum atomic E-state index is 12.4. The number of amides is 1. The number of H-pyrrole nitrogens is 1. The second kappa shape index (κ2) is 6.75. The molecule has 1 aliphatic carbocycles. The number of carbonyl (C=O) groups excluding carboxylic acids is 1. The smallest absolute Gasteiger partial charge is 0.234 e. The van der Waals surface area contributed by atoms with Gasteiger partial charge in [0, 0.05) is 28.6 Å². The standard InChI is InChI=1S/C20H23N3O2/c1-13-19(14-7-3-2-4-8-14)23-25-20(13)22-18(24)11-15-12-21-17-10-6-5-9-16(15)17/h5-6,9-10,12,14,21H,2-4,7-8,11H2,1H3,(H,22,24). The van der Waals surface area contributed by atoms with Crippen LogP contribution < -0.4 is 5.32 Å². The van der Waals surface area contributed by atoms with Crippen molar-refractivity contribution in [3.63, 3.8) is 0 Å². The van der Waals surface area contributed by atoms with Gasteiger partial charge >= 0.3 is 0 Å². The predicted octanol–water partition coefficient (Wildman–Crippen LogP) is 4.69. The highest BCUT2D eigenvalue weighted by Gasteiger charge is 2.24. The Bertz CT molecular complexity index is 887. The molecule has 5 heteroatoms. The number of carbonyl (C=O) groups is 1. The van der Waals surface area contributed by atoms with Crippen LogP contribution in [-0.2, 0) is 11.2 Å². The van der Waals surface area contributed by atoms with E-state index in [1.807, 2.05) is 37.4 Å². The molecular weight excluding hydrogens is 314 g/mol. The van der Waals surface area contributed by atoms with Gasteiger partial charge < -0.3 is 9.51 Å². The Kier molecular flexibility index (Phi) is 4.30. The summed E-state index contributed by atoms with van der Waals surface area (Å²) in [4.78, 5) is 15.6. The first-order valence-corrected chi connectivity index (χ1v) is 9.03.